The van der Waals surface area contributed by atoms with Crippen LogP contribution in [-0.2, 0) is 19.1 Å². The van der Waals surface area contributed by atoms with E-state index in [1.807, 2.05) is 0 Å². The van der Waals surface area contributed by atoms with Crippen LogP contribution < -0.4 is 7.75 Å². The maximum atomic E-state index is 3.56. The van der Waals surface area contributed by atoms with E-state index in [2.05, 4.69) is 7.75 Å². The van der Waals surface area contributed by atoms with E-state index in [1.54, 1.807) is 0 Å². The fraction of sp³-hybridized carbons (Fsp3) is 1.00. The second-order valence-electron chi connectivity index (χ2n) is 2.76. The summed E-state index contributed by atoms with van der Waals surface area (Å²) in [5, 5.41) is 0. The minimum atomic E-state index is 0. The molecule has 0 aromatic rings. The van der Waals surface area contributed by atoms with Crippen LogP contribution in [0.4, 0.5) is 0 Å². The molecule has 0 bridgehead atoms. The first kappa shape index (κ1) is 11.5. The topological polar surface area (TPSA) is 87.1 Å². The Bertz CT molecular complexity index is 103. The second-order valence-corrected chi connectivity index (χ2v) is 4.64. The molecule has 5 heteroatoms. The number of nitrogens with one attached hydrogen (secondary N) is 2. The first-order chi connectivity index (χ1) is 4.47. The van der Waals surface area contributed by atoms with E-state index in [1.165, 1.54) is 25.7 Å². The first-order valence-corrected chi connectivity index (χ1v) is 5.82. The molecular weight excluding hydrogens is 327 g/mol. The minimum absolute atomic E-state index is 0. The van der Waals surface area contributed by atoms with E-state index >= 15 is 0 Å². The van der Waals surface area contributed by atoms with Gasteiger partial charge in [-0.15, -0.1) is 0 Å². The quantitative estimate of drug-likeness (QED) is 0.576. The Morgan fingerprint density at radius 2 is 1.36 bits per heavy atom. The Kier molecular flexibility index (Phi) is 5.47. The number of hydrogen-bond acceptors (Lipinski definition) is 2. The molecule has 0 aromatic heterocycles. The molecule has 2 unspecified atom stereocenters. The van der Waals surface area contributed by atoms with Crippen molar-refractivity contribution in [2.75, 3.05) is 0 Å². The van der Waals surface area contributed by atoms with Crippen molar-refractivity contribution in [1.82, 2.24) is 7.75 Å². The first-order valence-electron chi connectivity index (χ1n) is 3.54. The average Bonchev–Trinajstić information content (AvgIpc) is 2.33. The van der Waals surface area contributed by atoms with E-state index in [9.17, 15) is 0 Å². The Labute approximate surface area is 75.9 Å². The fourth-order valence-corrected chi connectivity index (χ4v) is 4.10. The predicted octanol–water partition coefficient (Wildman–Crippen LogP) is -1.25. The predicted molar refractivity (Wildman–Crippen MR) is 39.5 cm³/mol. The van der Waals surface area contributed by atoms with E-state index < -0.39 is 0 Å². The molecule has 6 N–H and O–H groups in total. The van der Waals surface area contributed by atoms with Gasteiger partial charge < -0.3 is 11.0 Å². The van der Waals surface area contributed by atoms with Gasteiger partial charge in [-0.2, -0.15) is 0 Å². The smallest absolute Gasteiger partial charge is 0.412 e. The third-order valence-electron chi connectivity index (χ3n) is 2.09. The molecule has 1 aliphatic carbocycles. The molecule has 0 radical (unpaired) electrons. The van der Waals surface area contributed by atoms with Crippen LogP contribution in [0, 0.1) is 0 Å². The van der Waals surface area contributed by atoms with Gasteiger partial charge in [0, 0.05) is 0 Å². The van der Waals surface area contributed by atoms with Gasteiger partial charge in [0.1, 0.15) is 0 Å². The standard InChI is InChI=1S/C6H12N2.2H2O.Pt/c7-5-3-1-2-4-6(5)8;;;/h5-8H,1-4H2;2*1H2;/q-2;;;+2. The average molecular weight is 343 g/mol. The molecule has 2 rings (SSSR count). The van der Waals surface area contributed by atoms with Crippen LogP contribution in [0.3, 0.4) is 0 Å². The summed E-state index contributed by atoms with van der Waals surface area (Å²) in [6, 6.07) is 1.71. The van der Waals surface area contributed by atoms with Crippen LogP contribution in [0.5, 0.6) is 0 Å². The van der Waals surface area contributed by atoms with Crippen molar-refractivity contribution in [3.63, 3.8) is 0 Å². The van der Waals surface area contributed by atoms with Gasteiger partial charge in [-0.05, 0) is 0 Å². The molecule has 2 atom stereocenters. The molecule has 0 aromatic carbocycles. The molecule has 4 nitrogen and oxygen atoms in total. The number of fused-ring (bicyclic) bond motifs is 1. The van der Waals surface area contributed by atoms with Crippen molar-refractivity contribution in [3.05, 3.63) is 0 Å². The third kappa shape index (κ3) is 2.49. The van der Waals surface area contributed by atoms with E-state index in [4.69, 9.17) is 0 Å². The maximum absolute atomic E-state index is 3.56. The zero-order chi connectivity index (χ0) is 6.10. The van der Waals surface area contributed by atoms with Crippen LogP contribution in [0.15, 0.2) is 0 Å². The summed E-state index contributed by atoms with van der Waals surface area (Å²) >= 11 is 0.180. The van der Waals surface area contributed by atoms with Gasteiger partial charge in [0.25, 0.3) is 0 Å². The molecule has 1 aliphatic heterocycles. The molecule has 72 valence electrons. The van der Waals surface area contributed by atoms with Crippen molar-refractivity contribution in [1.29, 1.82) is 0 Å². The van der Waals surface area contributed by atoms with Crippen LogP contribution in [0.2, 0.25) is 0 Å². The van der Waals surface area contributed by atoms with E-state index in [-0.39, 0.29) is 30.0 Å². The molecule has 1 saturated heterocycles. The monoisotopic (exact) mass is 343 g/mol. The number of hydrogen-bond donors (Lipinski definition) is 2. The van der Waals surface area contributed by atoms with E-state index in [0.29, 0.717) is 0 Å². The van der Waals surface area contributed by atoms with Gasteiger partial charge in [0.05, 0.1) is 0 Å². The van der Waals surface area contributed by atoms with Crippen molar-refractivity contribution in [2.45, 2.75) is 37.8 Å². The zero-order valence-electron chi connectivity index (χ0n) is 6.30. The molecule has 1 heterocycles. The van der Waals surface area contributed by atoms with Gasteiger partial charge >= 0.3 is 64.6 Å². The Morgan fingerprint density at radius 3 is 1.82 bits per heavy atom. The Hall–Kier alpha value is 0.528. The van der Waals surface area contributed by atoms with Crippen molar-refractivity contribution in [3.8, 4) is 0 Å². The summed E-state index contributed by atoms with van der Waals surface area (Å²) in [6.07, 6.45) is 5.72. The SMILES string of the molecule is C1CCC2[NH][Pt][NH]C2C1.O.O. The van der Waals surface area contributed by atoms with Gasteiger partial charge in [-0.1, -0.05) is 0 Å². The molecule has 0 spiro atoms. The summed E-state index contributed by atoms with van der Waals surface area (Å²) in [5.41, 5.74) is 0. The zero-order valence-corrected chi connectivity index (χ0v) is 8.57. The fourth-order valence-electron chi connectivity index (χ4n) is 1.49. The van der Waals surface area contributed by atoms with Crippen LogP contribution in [0.1, 0.15) is 25.7 Å². The summed E-state index contributed by atoms with van der Waals surface area (Å²) in [4.78, 5) is 0. The Balaban J connectivity index is 0.000000500. The summed E-state index contributed by atoms with van der Waals surface area (Å²) < 4.78 is 7.12. The summed E-state index contributed by atoms with van der Waals surface area (Å²) in [7, 11) is 0. The van der Waals surface area contributed by atoms with Gasteiger partial charge in [0.15, 0.2) is 0 Å². The molecule has 2 aliphatic rings. The molecule has 2 fully saturated rings. The van der Waals surface area contributed by atoms with E-state index in [0.717, 1.165) is 12.1 Å². The van der Waals surface area contributed by atoms with Crippen molar-refractivity contribution >= 4 is 0 Å². The molecular formula is C6H16N2O2Pt. The summed E-state index contributed by atoms with van der Waals surface area (Å²) in [5.74, 6) is 0. The van der Waals surface area contributed by atoms with Crippen molar-refractivity contribution < 1.29 is 30.0 Å². The molecule has 1 saturated carbocycles. The molecule has 0 amide bonds. The Morgan fingerprint density at radius 1 is 0.909 bits per heavy atom. The third-order valence-corrected chi connectivity index (χ3v) is 4.43. The largest absolute Gasteiger partial charge is 0.412 e. The van der Waals surface area contributed by atoms with Crippen LogP contribution in [0.25, 0.3) is 0 Å². The van der Waals surface area contributed by atoms with Crippen LogP contribution >= 0.6 is 0 Å². The van der Waals surface area contributed by atoms with Crippen LogP contribution in [-0.4, -0.2) is 23.0 Å². The van der Waals surface area contributed by atoms with Gasteiger partial charge in [-0.25, -0.2) is 0 Å². The minimum Gasteiger partial charge on any atom is -0.412 e. The van der Waals surface area contributed by atoms with Gasteiger partial charge in [0.2, 0.25) is 0 Å². The summed E-state index contributed by atoms with van der Waals surface area (Å²) in [6.45, 7) is 0. The second kappa shape index (κ2) is 5.22. The van der Waals surface area contributed by atoms with Gasteiger partial charge in [-0.3, -0.25) is 0 Å². The molecule has 11 heavy (non-hydrogen) atoms. The van der Waals surface area contributed by atoms with Crippen molar-refractivity contribution in [2.24, 2.45) is 0 Å². The maximum Gasteiger partial charge on any atom is -0.412 e. The normalized spacial score (nSPS) is 35.6. The number of rotatable bonds is 0.